The van der Waals surface area contributed by atoms with Gasteiger partial charge < -0.3 is 15.4 Å². The molecule has 0 unspecified atom stereocenters. The highest BCUT2D eigenvalue weighted by Crippen LogP contribution is 2.28. The first-order valence-corrected chi connectivity index (χ1v) is 7.68. The van der Waals surface area contributed by atoms with Crippen molar-refractivity contribution in [3.05, 3.63) is 34.3 Å². The second-order valence-corrected chi connectivity index (χ2v) is 6.26. The Morgan fingerprint density at radius 1 is 1.41 bits per heavy atom. The molecule has 4 nitrogen and oxygen atoms in total. The lowest BCUT2D eigenvalue weighted by atomic mass is 9.79. The highest BCUT2D eigenvalue weighted by atomic mass is 35.5. The van der Waals surface area contributed by atoms with Crippen molar-refractivity contribution in [2.75, 3.05) is 33.4 Å². The summed E-state index contributed by atoms with van der Waals surface area (Å²) in [4.78, 5) is 12.4. The third kappa shape index (κ3) is 4.85. The van der Waals surface area contributed by atoms with Gasteiger partial charge in [0.05, 0.1) is 6.61 Å². The zero-order chi connectivity index (χ0) is 15.3. The van der Waals surface area contributed by atoms with E-state index < -0.39 is 0 Å². The minimum atomic E-state index is -0.0657. The van der Waals surface area contributed by atoms with Gasteiger partial charge in [-0.3, -0.25) is 4.79 Å². The van der Waals surface area contributed by atoms with E-state index in [2.05, 4.69) is 10.6 Å². The maximum atomic E-state index is 12.4. The zero-order valence-electron chi connectivity index (χ0n) is 13.1. The number of piperidine rings is 1. The second-order valence-electron chi connectivity index (χ2n) is 5.82. The standard InChI is InChI=1S/C16H23ClN2O2.ClH/c1-12-3-4-13(17)9-14(12)15(20)19-10-16(11-21-2)5-7-18-8-6-16;/h3-4,9,18H,5-8,10-11H2,1-2H3,(H,19,20);1H. The van der Waals surface area contributed by atoms with E-state index in [1.54, 1.807) is 19.2 Å². The number of amides is 1. The molecular formula is C16H24Cl2N2O2. The molecule has 2 rings (SSSR count). The maximum Gasteiger partial charge on any atom is 0.251 e. The fraction of sp³-hybridized carbons (Fsp3) is 0.562. The van der Waals surface area contributed by atoms with Crippen molar-refractivity contribution in [2.24, 2.45) is 5.41 Å². The smallest absolute Gasteiger partial charge is 0.251 e. The lowest BCUT2D eigenvalue weighted by molar-refractivity contribution is 0.0511. The van der Waals surface area contributed by atoms with E-state index in [9.17, 15) is 4.79 Å². The molecule has 1 aromatic carbocycles. The molecule has 1 saturated heterocycles. The summed E-state index contributed by atoms with van der Waals surface area (Å²) in [7, 11) is 1.72. The van der Waals surface area contributed by atoms with Gasteiger partial charge in [0.15, 0.2) is 0 Å². The largest absolute Gasteiger partial charge is 0.384 e. The Morgan fingerprint density at radius 3 is 2.73 bits per heavy atom. The summed E-state index contributed by atoms with van der Waals surface area (Å²) in [5.74, 6) is -0.0657. The van der Waals surface area contributed by atoms with Crippen LogP contribution in [0, 0.1) is 12.3 Å². The molecule has 0 aromatic heterocycles. The molecule has 0 aliphatic carbocycles. The normalized spacial score (nSPS) is 16.7. The molecule has 1 amide bonds. The van der Waals surface area contributed by atoms with Crippen molar-refractivity contribution in [3.63, 3.8) is 0 Å². The third-order valence-electron chi connectivity index (χ3n) is 4.18. The summed E-state index contributed by atoms with van der Waals surface area (Å²) in [6.07, 6.45) is 2.02. The molecule has 0 spiro atoms. The summed E-state index contributed by atoms with van der Waals surface area (Å²) in [5, 5.41) is 6.99. The zero-order valence-corrected chi connectivity index (χ0v) is 14.6. The topological polar surface area (TPSA) is 50.4 Å². The minimum Gasteiger partial charge on any atom is -0.384 e. The van der Waals surface area contributed by atoms with Crippen LogP contribution in [0.15, 0.2) is 18.2 Å². The average Bonchev–Trinajstić information content (AvgIpc) is 2.49. The van der Waals surface area contributed by atoms with Crippen molar-refractivity contribution in [1.29, 1.82) is 0 Å². The van der Waals surface area contributed by atoms with E-state index >= 15 is 0 Å². The molecule has 2 N–H and O–H groups in total. The first kappa shape index (κ1) is 19.2. The van der Waals surface area contributed by atoms with Crippen molar-refractivity contribution >= 4 is 29.9 Å². The Balaban J connectivity index is 0.00000242. The first-order chi connectivity index (χ1) is 10.1. The average molecular weight is 347 g/mol. The number of nitrogens with one attached hydrogen (secondary N) is 2. The molecule has 1 aromatic rings. The van der Waals surface area contributed by atoms with Gasteiger partial charge in [0.25, 0.3) is 5.91 Å². The van der Waals surface area contributed by atoms with Crippen molar-refractivity contribution in [1.82, 2.24) is 10.6 Å². The van der Waals surface area contributed by atoms with Crippen LogP contribution in [0.5, 0.6) is 0 Å². The number of hydrogen-bond acceptors (Lipinski definition) is 3. The van der Waals surface area contributed by atoms with Gasteiger partial charge in [-0.1, -0.05) is 17.7 Å². The summed E-state index contributed by atoms with van der Waals surface area (Å²) < 4.78 is 5.37. The Kier molecular flexibility index (Phi) is 7.63. The van der Waals surface area contributed by atoms with Crippen molar-refractivity contribution in [3.8, 4) is 0 Å². The van der Waals surface area contributed by atoms with E-state index in [-0.39, 0.29) is 23.7 Å². The lowest BCUT2D eigenvalue weighted by Crippen LogP contribution is -2.47. The molecule has 6 heteroatoms. The van der Waals surface area contributed by atoms with Crippen LogP contribution in [-0.4, -0.2) is 39.3 Å². The molecule has 0 radical (unpaired) electrons. The Hall–Kier alpha value is -0.810. The fourth-order valence-electron chi connectivity index (χ4n) is 2.84. The number of carbonyl (C=O) groups excluding carboxylic acids is 1. The van der Waals surface area contributed by atoms with Crippen LogP contribution in [0.3, 0.4) is 0 Å². The predicted molar refractivity (Wildman–Crippen MR) is 92.2 cm³/mol. The molecule has 1 aliphatic heterocycles. The van der Waals surface area contributed by atoms with Gasteiger partial charge in [-0.15, -0.1) is 12.4 Å². The summed E-state index contributed by atoms with van der Waals surface area (Å²) in [6, 6.07) is 5.39. The number of hydrogen-bond donors (Lipinski definition) is 2. The van der Waals surface area contributed by atoms with Crippen LogP contribution in [0.2, 0.25) is 5.02 Å². The number of ether oxygens (including phenoxy) is 1. The van der Waals surface area contributed by atoms with E-state index in [0.717, 1.165) is 31.5 Å². The fourth-order valence-corrected chi connectivity index (χ4v) is 3.01. The molecule has 1 heterocycles. The summed E-state index contributed by atoms with van der Waals surface area (Å²) >= 11 is 5.98. The van der Waals surface area contributed by atoms with Crippen LogP contribution in [0.25, 0.3) is 0 Å². The lowest BCUT2D eigenvalue weighted by Gasteiger charge is -2.37. The number of benzene rings is 1. The van der Waals surface area contributed by atoms with Crippen LogP contribution < -0.4 is 10.6 Å². The molecule has 124 valence electrons. The van der Waals surface area contributed by atoms with Gasteiger partial charge in [-0.25, -0.2) is 0 Å². The molecule has 22 heavy (non-hydrogen) atoms. The quantitative estimate of drug-likeness (QED) is 0.861. The Labute approximate surface area is 143 Å². The van der Waals surface area contributed by atoms with E-state index in [4.69, 9.17) is 16.3 Å². The van der Waals surface area contributed by atoms with Crippen LogP contribution in [0.1, 0.15) is 28.8 Å². The second kappa shape index (κ2) is 8.73. The van der Waals surface area contributed by atoms with Gasteiger partial charge in [-0.2, -0.15) is 0 Å². The third-order valence-corrected chi connectivity index (χ3v) is 4.42. The van der Waals surface area contributed by atoms with Gasteiger partial charge in [0.1, 0.15) is 0 Å². The van der Waals surface area contributed by atoms with E-state index in [1.165, 1.54) is 0 Å². The Morgan fingerprint density at radius 2 is 2.09 bits per heavy atom. The van der Waals surface area contributed by atoms with Crippen molar-refractivity contribution < 1.29 is 9.53 Å². The summed E-state index contributed by atoms with van der Waals surface area (Å²) in [6.45, 7) is 5.16. The molecule has 0 bridgehead atoms. The first-order valence-electron chi connectivity index (χ1n) is 7.30. The highest BCUT2D eigenvalue weighted by Gasteiger charge is 2.32. The minimum absolute atomic E-state index is 0. The predicted octanol–water partition coefficient (Wildman–Crippen LogP) is 2.82. The van der Waals surface area contributed by atoms with Crippen LogP contribution >= 0.6 is 24.0 Å². The van der Waals surface area contributed by atoms with Gasteiger partial charge in [-0.05, 0) is 50.6 Å². The molecular weight excluding hydrogens is 323 g/mol. The van der Waals surface area contributed by atoms with Gasteiger partial charge in [0.2, 0.25) is 0 Å². The maximum absolute atomic E-state index is 12.4. The van der Waals surface area contributed by atoms with Crippen LogP contribution in [-0.2, 0) is 4.74 Å². The molecule has 0 atom stereocenters. The summed E-state index contributed by atoms with van der Waals surface area (Å²) in [5.41, 5.74) is 1.61. The molecule has 1 aliphatic rings. The monoisotopic (exact) mass is 346 g/mol. The van der Waals surface area contributed by atoms with E-state index in [0.29, 0.717) is 23.7 Å². The number of aryl methyl sites for hydroxylation is 1. The highest BCUT2D eigenvalue weighted by molar-refractivity contribution is 6.31. The van der Waals surface area contributed by atoms with Gasteiger partial charge in [0, 0.05) is 29.7 Å². The number of rotatable bonds is 5. The van der Waals surface area contributed by atoms with Gasteiger partial charge >= 0.3 is 0 Å². The SMILES string of the molecule is COCC1(CNC(=O)c2cc(Cl)ccc2C)CCNCC1.Cl. The molecule has 1 fully saturated rings. The Bertz CT molecular complexity index is 497. The number of methoxy groups -OCH3 is 1. The van der Waals surface area contributed by atoms with E-state index in [1.807, 2.05) is 13.0 Å². The van der Waals surface area contributed by atoms with Crippen LogP contribution in [0.4, 0.5) is 0 Å². The van der Waals surface area contributed by atoms with Crippen molar-refractivity contribution in [2.45, 2.75) is 19.8 Å². The molecule has 0 saturated carbocycles. The number of carbonyl (C=O) groups is 1. The number of halogens is 2.